The molecule has 18 heavy (non-hydrogen) atoms. The first-order chi connectivity index (χ1) is 8.49. The predicted molar refractivity (Wildman–Crippen MR) is 72.9 cm³/mol. The number of para-hydroxylation sites is 1. The maximum atomic E-state index is 12.0. The van der Waals surface area contributed by atoms with E-state index >= 15 is 0 Å². The van der Waals surface area contributed by atoms with E-state index in [1.54, 1.807) is 12.1 Å². The van der Waals surface area contributed by atoms with Crippen LogP contribution in [0.15, 0.2) is 35.3 Å². The summed E-state index contributed by atoms with van der Waals surface area (Å²) in [5.74, 6) is 0.331. The summed E-state index contributed by atoms with van der Waals surface area (Å²) >= 11 is 0. The van der Waals surface area contributed by atoms with E-state index in [0.29, 0.717) is 5.75 Å². The third kappa shape index (κ3) is 4.99. The molecule has 0 saturated carbocycles. The Bertz CT molecular complexity index is 411. The normalized spacial score (nSPS) is 11.8. The molecule has 0 unspecified atom stereocenters. The number of aliphatic imine (C=N–C) groups is 1. The number of esters is 1. The third-order valence-corrected chi connectivity index (χ3v) is 1.96. The first-order valence-corrected chi connectivity index (χ1v) is 6.10. The number of amidine groups is 1. The zero-order valence-corrected chi connectivity index (χ0v) is 11.3. The fourth-order valence-electron chi connectivity index (χ4n) is 1.32. The third-order valence-electron chi connectivity index (χ3n) is 1.96. The van der Waals surface area contributed by atoms with Gasteiger partial charge in [-0.3, -0.25) is 4.99 Å². The van der Waals surface area contributed by atoms with Gasteiger partial charge in [-0.05, 0) is 39.8 Å². The predicted octanol–water partition coefficient (Wildman–Crippen LogP) is 2.40. The molecular formula is C14H20N2O2. The second kappa shape index (κ2) is 6.79. The molecular weight excluding hydrogens is 228 g/mol. The van der Waals surface area contributed by atoms with Crippen molar-refractivity contribution < 1.29 is 9.53 Å². The summed E-state index contributed by atoms with van der Waals surface area (Å²) in [5, 5.41) is 3.01. The number of benzene rings is 1. The van der Waals surface area contributed by atoms with Crippen LogP contribution < -0.4 is 10.1 Å². The number of ether oxygens (including phenoxy) is 1. The number of hydrogen-bond donors (Lipinski definition) is 1. The molecule has 1 N–H and O–H groups in total. The number of carbonyl (C=O) groups is 1. The molecule has 0 heterocycles. The second-order valence-corrected chi connectivity index (χ2v) is 4.57. The summed E-state index contributed by atoms with van der Waals surface area (Å²) in [4.78, 5) is 16.2. The Morgan fingerprint density at radius 3 is 2.28 bits per heavy atom. The molecule has 0 radical (unpaired) electrons. The van der Waals surface area contributed by atoms with E-state index in [1.807, 2.05) is 45.9 Å². The SMILES string of the molecule is CC(C)N=C(NC(C)C)C(=O)Oc1ccccc1. The molecule has 1 aromatic carbocycles. The lowest BCUT2D eigenvalue weighted by Gasteiger charge is -2.13. The van der Waals surface area contributed by atoms with Gasteiger partial charge >= 0.3 is 5.97 Å². The summed E-state index contributed by atoms with van der Waals surface area (Å²) < 4.78 is 5.25. The molecule has 1 aromatic rings. The molecule has 0 fully saturated rings. The van der Waals surface area contributed by atoms with Gasteiger partial charge < -0.3 is 10.1 Å². The van der Waals surface area contributed by atoms with Crippen LogP contribution in [0.1, 0.15) is 27.7 Å². The molecule has 0 aliphatic heterocycles. The van der Waals surface area contributed by atoms with E-state index in [4.69, 9.17) is 4.74 Å². The van der Waals surface area contributed by atoms with Gasteiger partial charge in [-0.25, -0.2) is 4.79 Å². The Labute approximate surface area is 108 Å². The topological polar surface area (TPSA) is 50.7 Å². The van der Waals surface area contributed by atoms with Gasteiger partial charge in [0.15, 0.2) is 0 Å². The van der Waals surface area contributed by atoms with Crippen LogP contribution in [-0.2, 0) is 4.79 Å². The standard InChI is InChI=1S/C14H20N2O2/c1-10(2)15-13(16-11(3)4)14(17)18-12-8-6-5-7-9-12/h5-11H,1-4H3,(H,15,16). The number of carbonyl (C=O) groups excluding carboxylic acids is 1. The molecule has 98 valence electrons. The van der Waals surface area contributed by atoms with Crippen molar-refractivity contribution >= 4 is 11.8 Å². The Hall–Kier alpha value is -1.84. The molecule has 0 aromatic heterocycles. The quantitative estimate of drug-likeness (QED) is 0.387. The highest BCUT2D eigenvalue weighted by atomic mass is 16.5. The van der Waals surface area contributed by atoms with Crippen LogP contribution in [0.2, 0.25) is 0 Å². The molecule has 4 nitrogen and oxygen atoms in total. The van der Waals surface area contributed by atoms with Crippen molar-refractivity contribution in [3.63, 3.8) is 0 Å². The zero-order valence-electron chi connectivity index (χ0n) is 11.3. The minimum absolute atomic E-state index is 0.0366. The average Bonchev–Trinajstić information content (AvgIpc) is 2.28. The number of rotatable bonds is 3. The van der Waals surface area contributed by atoms with Gasteiger partial charge in [-0.2, -0.15) is 0 Å². The van der Waals surface area contributed by atoms with E-state index in [-0.39, 0.29) is 17.9 Å². The van der Waals surface area contributed by atoms with Gasteiger partial charge in [0.25, 0.3) is 0 Å². The summed E-state index contributed by atoms with van der Waals surface area (Å²) in [6, 6.07) is 9.14. The van der Waals surface area contributed by atoms with E-state index < -0.39 is 5.97 Å². The van der Waals surface area contributed by atoms with Crippen LogP contribution in [0, 0.1) is 0 Å². The maximum absolute atomic E-state index is 12.0. The van der Waals surface area contributed by atoms with Crippen molar-refractivity contribution in [2.45, 2.75) is 39.8 Å². The Kier molecular flexibility index (Phi) is 5.36. The Morgan fingerprint density at radius 2 is 1.78 bits per heavy atom. The molecule has 1 rings (SSSR count). The fourth-order valence-corrected chi connectivity index (χ4v) is 1.32. The monoisotopic (exact) mass is 248 g/mol. The fraction of sp³-hybridized carbons (Fsp3) is 0.429. The minimum atomic E-state index is -0.455. The van der Waals surface area contributed by atoms with Gasteiger partial charge in [0, 0.05) is 12.1 Å². The molecule has 0 saturated heterocycles. The Morgan fingerprint density at radius 1 is 1.17 bits per heavy atom. The Balaban J connectivity index is 2.77. The molecule has 0 atom stereocenters. The van der Waals surface area contributed by atoms with Gasteiger partial charge in [-0.15, -0.1) is 0 Å². The first-order valence-electron chi connectivity index (χ1n) is 6.10. The summed E-state index contributed by atoms with van der Waals surface area (Å²) in [6.07, 6.45) is 0. The molecule has 0 aliphatic rings. The molecule has 0 spiro atoms. The van der Waals surface area contributed by atoms with E-state index in [9.17, 15) is 4.79 Å². The molecule has 0 amide bonds. The lowest BCUT2D eigenvalue weighted by atomic mass is 10.3. The van der Waals surface area contributed by atoms with Crippen molar-refractivity contribution in [2.24, 2.45) is 4.99 Å². The van der Waals surface area contributed by atoms with E-state index in [1.165, 1.54) is 0 Å². The van der Waals surface area contributed by atoms with Crippen LogP contribution in [0.4, 0.5) is 0 Å². The smallest absolute Gasteiger partial charge is 0.379 e. The van der Waals surface area contributed by atoms with Crippen molar-refractivity contribution in [1.29, 1.82) is 0 Å². The summed E-state index contributed by atoms with van der Waals surface area (Å²) in [7, 11) is 0. The maximum Gasteiger partial charge on any atom is 0.379 e. The van der Waals surface area contributed by atoms with Crippen molar-refractivity contribution in [2.75, 3.05) is 0 Å². The van der Waals surface area contributed by atoms with Crippen LogP contribution >= 0.6 is 0 Å². The zero-order chi connectivity index (χ0) is 13.5. The highest BCUT2D eigenvalue weighted by Gasteiger charge is 2.15. The summed E-state index contributed by atoms with van der Waals surface area (Å²) in [5.41, 5.74) is 0. The van der Waals surface area contributed by atoms with Crippen LogP contribution in [0.5, 0.6) is 5.75 Å². The van der Waals surface area contributed by atoms with Crippen molar-refractivity contribution in [1.82, 2.24) is 5.32 Å². The molecule has 0 bridgehead atoms. The highest BCUT2D eigenvalue weighted by molar-refractivity contribution is 6.36. The van der Waals surface area contributed by atoms with Crippen molar-refractivity contribution in [3.05, 3.63) is 30.3 Å². The van der Waals surface area contributed by atoms with E-state index in [0.717, 1.165) is 0 Å². The van der Waals surface area contributed by atoms with Crippen LogP contribution in [0.3, 0.4) is 0 Å². The number of nitrogens with one attached hydrogen (secondary N) is 1. The van der Waals surface area contributed by atoms with Crippen molar-refractivity contribution in [3.8, 4) is 5.75 Å². The van der Waals surface area contributed by atoms with Gasteiger partial charge in [0.2, 0.25) is 5.84 Å². The largest absolute Gasteiger partial charge is 0.421 e. The van der Waals surface area contributed by atoms with Crippen LogP contribution in [-0.4, -0.2) is 23.9 Å². The summed E-state index contributed by atoms with van der Waals surface area (Å²) in [6.45, 7) is 7.73. The van der Waals surface area contributed by atoms with Gasteiger partial charge in [-0.1, -0.05) is 18.2 Å². The second-order valence-electron chi connectivity index (χ2n) is 4.57. The lowest BCUT2D eigenvalue weighted by molar-refractivity contribution is -0.127. The van der Waals surface area contributed by atoms with Gasteiger partial charge in [0.1, 0.15) is 5.75 Å². The van der Waals surface area contributed by atoms with Crippen LogP contribution in [0.25, 0.3) is 0 Å². The number of hydrogen-bond acceptors (Lipinski definition) is 3. The molecule has 0 aliphatic carbocycles. The lowest BCUT2D eigenvalue weighted by Crippen LogP contribution is -2.39. The average molecular weight is 248 g/mol. The highest BCUT2D eigenvalue weighted by Crippen LogP contribution is 2.08. The minimum Gasteiger partial charge on any atom is -0.421 e. The van der Waals surface area contributed by atoms with Gasteiger partial charge in [0.05, 0.1) is 0 Å². The number of nitrogens with zero attached hydrogens (tertiary/aromatic N) is 1. The molecule has 4 heteroatoms. The van der Waals surface area contributed by atoms with E-state index in [2.05, 4.69) is 10.3 Å². The first kappa shape index (κ1) is 14.2.